The Kier molecular flexibility index (Phi) is 11.6. The van der Waals surface area contributed by atoms with Crippen LogP contribution in [0.3, 0.4) is 0 Å². The molecule has 0 amide bonds. The molecule has 0 bridgehead atoms. The van der Waals surface area contributed by atoms with Crippen molar-refractivity contribution >= 4 is 29.9 Å². The highest BCUT2D eigenvalue weighted by Crippen LogP contribution is 2.12. The minimum absolute atomic E-state index is 0. The molecule has 7 nitrogen and oxygen atoms in total. The maximum atomic E-state index is 5.42. The maximum Gasteiger partial charge on any atom is 0.191 e. The second kappa shape index (κ2) is 14.5. The number of nitrogens with zero attached hydrogens (tertiary/aromatic N) is 3. The van der Waals surface area contributed by atoms with Crippen molar-refractivity contribution < 1.29 is 9.47 Å². The van der Waals surface area contributed by atoms with Crippen LogP contribution in [-0.4, -0.2) is 42.4 Å². The first-order chi connectivity index (χ1) is 15.3. The van der Waals surface area contributed by atoms with Gasteiger partial charge in [0.05, 0.1) is 20.0 Å². The van der Waals surface area contributed by atoms with Crippen molar-refractivity contribution in [3.8, 4) is 11.4 Å². The number of hydrogen-bond donors (Lipinski definition) is 2. The van der Waals surface area contributed by atoms with Gasteiger partial charge in [-0.3, -0.25) is 0 Å². The molecule has 2 N–H and O–H groups in total. The van der Waals surface area contributed by atoms with Gasteiger partial charge in [-0.2, -0.15) is 0 Å². The van der Waals surface area contributed by atoms with Gasteiger partial charge < -0.3 is 24.7 Å². The van der Waals surface area contributed by atoms with E-state index in [4.69, 9.17) is 14.5 Å². The Hall–Kier alpha value is -2.59. The van der Waals surface area contributed by atoms with Crippen molar-refractivity contribution in [2.45, 2.75) is 26.4 Å². The van der Waals surface area contributed by atoms with E-state index in [9.17, 15) is 0 Å². The molecule has 0 saturated carbocycles. The molecule has 0 fully saturated rings. The molecular weight excluding hydrogens is 517 g/mol. The Morgan fingerprint density at radius 1 is 1.03 bits per heavy atom. The van der Waals surface area contributed by atoms with E-state index >= 15 is 0 Å². The number of methoxy groups -OCH3 is 1. The van der Waals surface area contributed by atoms with Crippen LogP contribution in [0.25, 0.3) is 5.69 Å². The predicted molar refractivity (Wildman–Crippen MR) is 139 cm³/mol. The van der Waals surface area contributed by atoms with Crippen LogP contribution in [0.5, 0.6) is 5.75 Å². The third kappa shape index (κ3) is 8.51. The fourth-order valence-electron chi connectivity index (χ4n) is 2.98. The average molecular weight is 549 g/mol. The van der Waals surface area contributed by atoms with Gasteiger partial charge in [0.25, 0.3) is 0 Å². The zero-order valence-corrected chi connectivity index (χ0v) is 21.0. The van der Waals surface area contributed by atoms with Crippen LogP contribution in [0.15, 0.2) is 72.2 Å². The highest BCUT2D eigenvalue weighted by atomic mass is 127. The molecule has 0 aliphatic rings. The summed E-state index contributed by atoms with van der Waals surface area (Å²) in [6.07, 6.45) is 6.43. The number of hydrogen-bond acceptors (Lipinski definition) is 4. The minimum Gasteiger partial charge on any atom is -0.497 e. The first-order valence-electron chi connectivity index (χ1n) is 10.6. The number of aromatic nitrogens is 2. The lowest BCUT2D eigenvalue weighted by Gasteiger charge is -2.13. The zero-order valence-electron chi connectivity index (χ0n) is 18.7. The van der Waals surface area contributed by atoms with E-state index in [2.05, 4.69) is 39.9 Å². The van der Waals surface area contributed by atoms with Crippen LogP contribution in [0.2, 0.25) is 0 Å². The molecular formula is C24H32IN5O2. The number of aliphatic imine (C=N–C) groups is 1. The molecule has 0 saturated heterocycles. The molecule has 2 aromatic carbocycles. The first-order valence-corrected chi connectivity index (χ1v) is 10.6. The topological polar surface area (TPSA) is 72.7 Å². The number of nitrogens with one attached hydrogen (secondary N) is 2. The molecule has 1 heterocycles. The van der Waals surface area contributed by atoms with Crippen LogP contribution < -0.4 is 15.4 Å². The fourth-order valence-corrected chi connectivity index (χ4v) is 2.98. The van der Waals surface area contributed by atoms with E-state index in [1.807, 2.05) is 42.0 Å². The smallest absolute Gasteiger partial charge is 0.191 e. The van der Waals surface area contributed by atoms with Gasteiger partial charge in [-0.05, 0) is 48.7 Å². The molecule has 172 valence electrons. The summed E-state index contributed by atoms with van der Waals surface area (Å²) < 4.78 is 12.6. The highest BCUT2D eigenvalue weighted by Gasteiger charge is 2.02. The summed E-state index contributed by atoms with van der Waals surface area (Å²) in [6.45, 7) is 5.56. The predicted octanol–water partition coefficient (Wildman–Crippen LogP) is 4.16. The summed E-state index contributed by atoms with van der Waals surface area (Å²) in [6, 6.07) is 16.4. The van der Waals surface area contributed by atoms with Gasteiger partial charge >= 0.3 is 0 Å². The molecule has 1 aromatic heterocycles. The van der Waals surface area contributed by atoms with Crippen LogP contribution in [0.4, 0.5) is 0 Å². The van der Waals surface area contributed by atoms with Gasteiger partial charge in [0, 0.05) is 44.4 Å². The second-order valence-electron chi connectivity index (χ2n) is 6.98. The lowest BCUT2D eigenvalue weighted by molar-refractivity contribution is 0.145. The number of imidazole rings is 1. The van der Waals surface area contributed by atoms with Crippen molar-refractivity contribution in [2.75, 3.05) is 26.9 Å². The molecule has 0 aliphatic carbocycles. The summed E-state index contributed by atoms with van der Waals surface area (Å²) in [5.41, 5.74) is 3.39. The van der Waals surface area contributed by atoms with E-state index in [0.29, 0.717) is 13.1 Å². The number of halogens is 1. The molecule has 0 spiro atoms. The molecule has 32 heavy (non-hydrogen) atoms. The largest absolute Gasteiger partial charge is 0.497 e. The first kappa shape index (κ1) is 25.7. The van der Waals surface area contributed by atoms with E-state index in [-0.39, 0.29) is 24.0 Å². The number of ether oxygens (including phenoxy) is 2. The Labute approximate surface area is 207 Å². The molecule has 3 rings (SSSR count). The lowest BCUT2D eigenvalue weighted by Crippen LogP contribution is -2.37. The normalized spacial score (nSPS) is 11.0. The van der Waals surface area contributed by atoms with E-state index in [1.165, 1.54) is 5.56 Å². The van der Waals surface area contributed by atoms with Crippen LogP contribution in [-0.2, 0) is 17.8 Å². The Bertz CT molecular complexity index is 913. The quantitative estimate of drug-likeness (QED) is 0.163. The maximum absolute atomic E-state index is 5.42. The Morgan fingerprint density at radius 2 is 1.78 bits per heavy atom. The van der Waals surface area contributed by atoms with Crippen molar-refractivity contribution in [1.29, 1.82) is 0 Å². The van der Waals surface area contributed by atoms with Gasteiger partial charge in [-0.15, -0.1) is 24.0 Å². The van der Waals surface area contributed by atoms with Crippen LogP contribution in [0, 0.1) is 0 Å². The SMILES string of the molecule is CCOCCCNC(=NCc1ccc(OC)cc1)NCc1ccc(-n2ccnc2)cc1.I. The number of guanidine groups is 1. The van der Waals surface area contributed by atoms with Crippen molar-refractivity contribution in [1.82, 2.24) is 20.2 Å². The van der Waals surface area contributed by atoms with E-state index < -0.39 is 0 Å². The van der Waals surface area contributed by atoms with Crippen LogP contribution in [0.1, 0.15) is 24.5 Å². The third-order valence-corrected chi connectivity index (χ3v) is 4.74. The standard InChI is InChI=1S/C24H31N5O2.HI/c1-3-31-16-4-13-26-24(28-18-21-7-11-23(30-2)12-8-21)27-17-20-5-9-22(10-6-20)29-15-14-25-19-29;/h5-12,14-15,19H,3-4,13,16-18H2,1-2H3,(H2,26,27,28);1H. The van der Waals surface area contributed by atoms with Crippen molar-refractivity contribution in [2.24, 2.45) is 4.99 Å². The monoisotopic (exact) mass is 549 g/mol. The van der Waals surface area contributed by atoms with Crippen molar-refractivity contribution in [3.63, 3.8) is 0 Å². The summed E-state index contributed by atoms with van der Waals surface area (Å²) in [5.74, 6) is 1.63. The van der Waals surface area contributed by atoms with E-state index in [1.54, 1.807) is 19.6 Å². The van der Waals surface area contributed by atoms with Gasteiger partial charge in [-0.1, -0.05) is 24.3 Å². The van der Waals surface area contributed by atoms with Crippen LogP contribution >= 0.6 is 24.0 Å². The van der Waals surface area contributed by atoms with Crippen molar-refractivity contribution in [3.05, 3.63) is 78.4 Å². The fraction of sp³-hybridized carbons (Fsp3) is 0.333. The highest BCUT2D eigenvalue weighted by molar-refractivity contribution is 14.0. The summed E-state index contributed by atoms with van der Waals surface area (Å²) >= 11 is 0. The molecule has 0 aliphatic heterocycles. The molecule has 0 radical (unpaired) electrons. The molecule has 3 aromatic rings. The molecule has 0 unspecified atom stereocenters. The number of benzene rings is 2. The van der Waals surface area contributed by atoms with Gasteiger partial charge in [0.1, 0.15) is 5.75 Å². The Balaban J connectivity index is 0.00000363. The van der Waals surface area contributed by atoms with E-state index in [0.717, 1.165) is 49.1 Å². The molecule has 0 atom stereocenters. The number of rotatable bonds is 11. The third-order valence-electron chi connectivity index (χ3n) is 4.74. The molecule has 8 heteroatoms. The lowest BCUT2D eigenvalue weighted by atomic mass is 10.2. The second-order valence-corrected chi connectivity index (χ2v) is 6.98. The van der Waals surface area contributed by atoms with Gasteiger partial charge in [0.15, 0.2) is 5.96 Å². The summed E-state index contributed by atoms with van der Waals surface area (Å²) in [5, 5.41) is 6.83. The summed E-state index contributed by atoms with van der Waals surface area (Å²) in [4.78, 5) is 8.83. The minimum atomic E-state index is 0. The zero-order chi connectivity index (χ0) is 21.7. The van der Waals surface area contributed by atoms with Gasteiger partial charge in [0.2, 0.25) is 0 Å². The summed E-state index contributed by atoms with van der Waals surface area (Å²) in [7, 11) is 1.67. The van der Waals surface area contributed by atoms with Gasteiger partial charge in [-0.25, -0.2) is 9.98 Å². The average Bonchev–Trinajstić information content (AvgIpc) is 3.36. The Morgan fingerprint density at radius 3 is 2.44 bits per heavy atom.